The minimum absolute atomic E-state index is 0.0622. The topological polar surface area (TPSA) is 104 Å². The summed E-state index contributed by atoms with van der Waals surface area (Å²) in [5.74, 6) is 0.765. The lowest BCUT2D eigenvalue weighted by atomic mass is 10.1. The fraction of sp³-hybridized carbons (Fsp3) is 0.423. The van der Waals surface area contributed by atoms with E-state index < -0.39 is 11.2 Å². The Morgan fingerprint density at radius 2 is 1.89 bits per heavy atom. The van der Waals surface area contributed by atoms with Crippen molar-refractivity contribution in [1.29, 1.82) is 0 Å². The molecule has 0 bridgehead atoms. The standard InChI is InChI=1S/C26H36N6O3/c1-8-11-20(17-27-16-9-2)15-14-19(5)12-10-13-21(35-7)23-28-22-24(32(30-23)18(3)4)29-26(34)31(6)25(22)33/h8,10-15,18,27H,9,16-17H2,1-7H3/b11-8-,12-10+,19-14+,20-15+,21-13-. The number of methoxy groups -OCH3 is 1. The molecular weight excluding hydrogens is 444 g/mol. The summed E-state index contributed by atoms with van der Waals surface area (Å²) in [6.07, 6.45) is 14.9. The average Bonchev–Trinajstić information content (AvgIpc) is 2.83. The fourth-order valence-electron chi connectivity index (χ4n) is 3.17. The van der Waals surface area contributed by atoms with Gasteiger partial charge in [0.25, 0.3) is 5.56 Å². The van der Waals surface area contributed by atoms with Gasteiger partial charge in [-0.3, -0.25) is 9.36 Å². The van der Waals surface area contributed by atoms with Crippen LogP contribution in [0, 0.1) is 0 Å². The smallest absolute Gasteiger partial charge is 0.352 e. The molecule has 2 rings (SSSR count). The number of fused-ring (bicyclic) bond motifs is 1. The summed E-state index contributed by atoms with van der Waals surface area (Å²) in [4.78, 5) is 33.1. The van der Waals surface area contributed by atoms with E-state index in [1.807, 2.05) is 45.9 Å². The predicted octanol–water partition coefficient (Wildman–Crippen LogP) is 3.41. The molecule has 0 saturated heterocycles. The lowest BCUT2D eigenvalue weighted by Gasteiger charge is -2.17. The van der Waals surface area contributed by atoms with Gasteiger partial charge in [0.2, 0.25) is 5.82 Å². The molecule has 1 N–H and O–H groups in total. The van der Waals surface area contributed by atoms with Crippen molar-refractivity contribution >= 4 is 5.76 Å². The molecule has 0 aromatic heterocycles. The molecule has 35 heavy (non-hydrogen) atoms. The van der Waals surface area contributed by atoms with E-state index in [2.05, 4.69) is 45.5 Å². The molecule has 0 unspecified atom stereocenters. The van der Waals surface area contributed by atoms with E-state index in [0.29, 0.717) is 5.76 Å². The van der Waals surface area contributed by atoms with Gasteiger partial charge in [-0.15, -0.1) is 5.10 Å². The van der Waals surface area contributed by atoms with E-state index in [-0.39, 0.29) is 23.4 Å². The molecule has 0 amide bonds. The number of aromatic nitrogens is 5. The van der Waals surface area contributed by atoms with Gasteiger partial charge in [-0.05, 0) is 52.3 Å². The maximum Gasteiger partial charge on any atom is 0.352 e. The Hall–Kier alpha value is -3.59. The number of ether oxygens (including phenoxy) is 1. The van der Waals surface area contributed by atoms with Crippen LogP contribution in [-0.2, 0) is 11.8 Å². The van der Waals surface area contributed by atoms with Crippen molar-refractivity contribution in [2.75, 3.05) is 20.2 Å². The first-order valence-corrected chi connectivity index (χ1v) is 11.7. The molecule has 0 aliphatic carbocycles. The van der Waals surface area contributed by atoms with E-state index in [1.54, 1.807) is 6.08 Å². The third-order valence-corrected chi connectivity index (χ3v) is 5.08. The lowest BCUT2D eigenvalue weighted by Crippen LogP contribution is -2.37. The van der Waals surface area contributed by atoms with E-state index >= 15 is 0 Å². The van der Waals surface area contributed by atoms with Crippen molar-refractivity contribution in [3.05, 3.63) is 80.3 Å². The van der Waals surface area contributed by atoms with E-state index in [1.165, 1.54) is 24.4 Å². The number of hydrogen-bond donors (Lipinski definition) is 1. The molecule has 9 heteroatoms. The molecule has 2 aliphatic heterocycles. The van der Waals surface area contributed by atoms with Gasteiger partial charge in [0.05, 0.1) is 7.11 Å². The van der Waals surface area contributed by atoms with Crippen LogP contribution in [0.5, 0.6) is 0 Å². The number of hydrogen-bond acceptors (Lipinski definition) is 7. The first kappa shape index (κ1) is 27.7. The highest BCUT2D eigenvalue weighted by molar-refractivity contribution is 5.59. The second kappa shape index (κ2) is 13.3. The highest BCUT2D eigenvalue weighted by Crippen LogP contribution is 2.19. The van der Waals surface area contributed by atoms with Gasteiger partial charge in [0.15, 0.2) is 17.3 Å². The fourth-order valence-corrected chi connectivity index (χ4v) is 3.17. The van der Waals surface area contributed by atoms with Crippen molar-refractivity contribution in [1.82, 2.24) is 29.6 Å². The van der Waals surface area contributed by atoms with Crippen LogP contribution in [0.1, 0.15) is 52.9 Å². The van der Waals surface area contributed by atoms with Gasteiger partial charge in [0.1, 0.15) is 0 Å². The number of nitrogens with zero attached hydrogens (tertiary/aromatic N) is 5. The first-order chi connectivity index (χ1) is 16.7. The molecule has 0 aromatic rings. The third-order valence-electron chi connectivity index (χ3n) is 5.08. The molecule has 0 fully saturated rings. The minimum Gasteiger partial charge on any atom is -0.493 e. The molecule has 2 heterocycles. The lowest BCUT2D eigenvalue weighted by molar-refractivity contribution is 0.362. The Morgan fingerprint density at radius 3 is 2.51 bits per heavy atom. The van der Waals surface area contributed by atoms with Crippen LogP contribution in [-0.4, -0.2) is 44.5 Å². The molecule has 2 aliphatic rings. The van der Waals surface area contributed by atoms with Crippen molar-refractivity contribution in [2.24, 2.45) is 7.05 Å². The van der Waals surface area contributed by atoms with Crippen molar-refractivity contribution in [3.8, 4) is 11.5 Å². The zero-order valence-electron chi connectivity index (χ0n) is 21.7. The Balaban J connectivity index is 2.40. The highest BCUT2D eigenvalue weighted by Gasteiger charge is 2.22. The second-order valence-corrected chi connectivity index (χ2v) is 8.33. The summed E-state index contributed by atoms with van der Waals surface area (Å²) < 4.78 is 7.96. The van der Waals surface area contributed by atoms with Gasteiger partial charge in [-0.25, -0.2) is 14.5 Å². The molecule has 0 aromatic carbocycles. The molecule has 9 nitrogen and oxygen atoms in total. The number of allylic oxidation sites excluding steroid dienone is 7. The molecule has 0 saturated carbocycles. The third kappa shape index (κ3) is 7.45. The van der Waals surface area contributed by atoms with Crippen LogP contribution in [0.15, 0.2) is 63.3 Å². The van der Waals surface area contributed by atoms with Crippen LogP contribution in [0.4, 0.5) is 0 Å². The number of rotatable bonds is 11. The van der Waals surface area contributed by atoms with Gasteiger partial charge < -0.3 is 10.1 Å². The normalized spacial score (nSPS) is 13.7. The van der Waals surface area contributed by atoms with E-state index in [9.17, 15) is 9.59 Å². The Kier molecular flexibility index (Phi) is 10.5. The molecule has 0 spiro atoms. The minimum atomic E-state index is -0.645. The molecule has 0 radical (unpaired) electrons. The molecule has 0 atom stereocenters. The van der Waals surface area contributed by atoms with Crippen molar-refractivity contribution < 1.29 is 4.74 Å². The molecular formula is C26H36N6O3. The van der Waals surface area contributed by atoms with E-state index in [4.69, 9.17) is 4.74 Å². The van der Waals surface area contributed by atoms with Crippen molar-refractivity contribution in [2.45, 2.75) is 47.1 Å². The van der Waals surface area contributed by atoms with Gasteiger partial charge in [-0.2, -0.15) is 4.98 Å². The maximum absolute atomic E-state index is 12.7. The summed E-state index contributed by atoms with van der Waals surface area (Å²) in [5, 5.41) is 7.90. The van der Waals surface area contributed by atoms with Crippen LogP contribution < -0.4 is 16.6 Å². The summed E-state index contributed by atoms with van der Waals surface area (Å²) >= 11 is 0. The van der Waals surface area contributed by atoms with E-state index in [0.717, 1.165) is 29.7 Å². The average molecular weight is 481 g/mol. The zero-order chi connectivity index (χ0) is 26.0. The van der Waals surface area contributed by atoms with Crippen LogP contribution in [0.25, 0.3) is 17.3 Å². The maximum atomic E-state index is 12.7. The van der Waals surface area contributed by atoms with Gasteiger partial charge in [0, 0.05) is 19.6 Å². The summed E-state index contributed by atoms with van der Waals surface area (Å²) in [6, 6.07) is -0.151. The summed E-state index contributed by atoms with van der Waals surface area (Å²) in [6.45, 7) is 11.7. The Morgan fingerprint density at radius 1 is 1.14 bits per heavy atom. The monoisotopic (exact) mass is 480 g/mol. The van der Waals surface area contributed by atoms with Crippen LogP contribution in [0.3, 0.4) is 0 Å². The largest absolute Gasteiger partial charge is 0.493 e. The zero-order valence-corrected chi connectivity index (χ0v) is 21.7. The van der Waals surface area contributed by atoms with Crippen molar-refractivity contribution in [3.63, 3.8) is 0 Å². The highest BCUT2D eigenvalue weighted by atomic mass is 16.5. The second-order valence-electron chi connectivity index (χ2n) is 8.33. The Bertz CT molecular complexity index is 1240. The quantitative estimate of drug-likeness (QED) is 0.299. The predicted molar refractivity (Wildman–Crippen MR) is 140 cm³/mol. The molecule has 188 valence electrons. The SMILES string of the molecule is C\C=C/C(=C\C=C(C)\C=C\C=C(/OC)c1nc2c(=O)n(C)c(=O)nc-2n(C(C)C)n1)CNCCC. The van der Waals surface area contributed by atoms with Crippen LogP contribution in [0.2, 0.25) is 0 Å². The first-order valence-electron chi connectivity index (χ1n) is 11.7. The Labute approximate surface area is 206 Å². The number of nitrogens with one attached hydrogen (secondary N) is 1. The van der Waals surface area contributed by atoms with Gasteiger partial charge in [-0.1, -0.05) is 49.0 Å². The van der Waals surface area contributed by atoms with Crippen LogP contribution >= 0.6 is 0 Å². The summed E-state index contributed by atoms with van der Waals surface area (Å²) in [5.41, 5.74) is 1.13. The van der Waals surface area contributed by atoms with Gasteiger partial charge >= 0.3 is 5.69 Å². The summed E-state index contributed by atoms with van der Waals surface area (Å²) in [7, 11) is 2.89.